The van der Waals surface area contributed by atoms with Crippen molar-refractivity contribution in [3.63, 3.8) is 0 Å². The summed E-state index contributed by atoms with van der Waals surface area (Å²) in [7, 11) is 1.54. The summed E-state index contributed by atoms with van der Waals surface area (Å²) in [5, 5.41) is 15.6. The number of aromatic nitrogens is 2. The van der Waals surface area contributed by atoms with Crippen LogP contribution in [0.1, 0.15) is 39.4 Å². The fourth-order valence-corrected chi connectivity index (χ4v) is 1.95. The van der Waals surface area contributed by atoms with Gasteiger partial charge in [-0.25, -0.2) is 4.79 Å². The highest BCUT2D eigenvalue weighted by Crippen LogP contribution is 2.14. The third-order valence-corrected chi connectivity index (χ3v) is 3.03. The molecule has 0 aliphatic heterocycles. The average Bonchev–Trinajstić information content (AvgIpc) is 2.81. The van der Waals surface area contributed by atoms with Gasteiger partial charge in [0.25, 0.3) is 5.91 Å². The number of carbonyl (C=O) groups is 2. The highest BCUT2D eigenvalue weighted by Gasteiger charge is 2.22. The van der Waals surface area contributed by atoms with Crippen molar-refractivity contribution in [2.45, 2.75) is 13.0 Å². The maximum Gasteiger partial charge on any atom is 0.339 e. The van der Waals surface area contributed by atoms with E-state index in [9.17, 15) is 9.59 Å². The van der Waals surface area contributed by atoms with Crippen molar-refractivity contribution < 1.29 is 14.7 Å². The van der Waals surface area contributed by atoms with E-state index < -0.39 is 11.9 Å². The van der Waals surface area contributed by atoms with Crippen LogP contribution in [0.3, 0.4) is 0 Å². The van der Waals surface area contributed by atoms with E-state index in [1.807, 2.05) is 37.3 Å². The fourth-order valence-electron chi connectivity index (χ4n) is 1.95. The highest BCUT2D eigenvalue weighted by atomic mass is 16.4. The first kappa shape index (κ1) is 13.8. The molecule has 0 aliphatic rings. The molecule has 1 amide bonds. The summed E-state index contributed by atoms with van der Waals surface area (Å²) in [5.74, 6) is -1.63. The van der Waals surface area contributed by atoms with E-state index in [-0.39, 0.29) is 17.3 Å². The molecule has 0 spiro atoms. The Bertz CT molecular complexity index is 634. The number of benzene rings is 1. The van der Waals surface area contributed by atoms with E-state index in [0.29, 0.717) is 0 Å². The van der Waals surface area contributed by atoms with Crippen LogP contribution in [0.4, 0.5) is 0 Å². The summed E-state index contributed by atoms with van der Waals surface area (Å²) in [4.78, 5) is 23.3. The van der Waals surface area contributed by atoms with Crippen molar-refractivity contribution in [2.24, 2.45) is 7.05 Å². The van der Waals surface area contributed by atoms with Crippen LogP contribution in [0.25, 0.3) is 0 Å². The lowest BCUT2D eigenvalue weighted by atomic mass is 10.1. The van der Waals surface area contributed by atoms with Crippen LogP contribution in [0, 0.1) is 0 Å². The van der Waals surface area contributed by atoms with Crippen LogP contribution >= 0.6 is 0 Å². The maximum atomic E-state index is 12.2. The first-order valence-electron chi connectivity index (χ1n) is 6.11. The number of aromatic carboxylic acids is 1. The minimum absolute atomic E-state index is 0.0419. The molecule has 0 saturated heterocycles. The fraction of sp³-hybridized carbons (Fsp3) is 0.214. The van der Waals surface area contributed by atoms with Gasteiger partial charge in [-0.05, 0) is 12.5 Å². The van der Waals surface area contributed by atoms with Gasteiger partial charge in [-0.2, -0.15) is 5.10 Å². The minimum Gasteiger partial charge on any atom is -0.478 e. The van der Waals surface area contributed by atoms with Crippen LogP contribution in [-0.4, -0.2) is 26.8 Å². The molecule has 20 heavy (non-hydrogen) atoms. The topological polar surface area (TPSA) is 84.2 Å². The Morgan fingerprint density at radius 2 is 1.95 bits per heavy atom. The Balaban J connectivity index is 2.21. The molecular weight excluding hydrogens is 258 g/mol. The van der Waals surface area contributed by atoms with E-state index in [2.05, 4.69) is 10.4 Å². The average molecular weight is 273 g/mol. The van der Waals surface area contributed by atoms with Crippen LogP contribution in [0.5, 0.6) is 0 Å². The predicted octanol–water partition coefficient (Wildman–Crippen LogP) is 1.61. The standard InChI is InChI=1S/C14H15N3O3/c1-9(10-6-4-3-5-7-10)16-13(18)12-11(14(19)20)8-15-17(12)2/h3-9H,1-2H3,(H,16,18)(H,19,20)/t9-/m1/s1. The monoisotopic (exact) mass is 273 g/mol. The summed E-state index contributed by atoms with van der Waals surface area (Å²) >= 11 is 0. The zero-order chi connectivity index (χ0) is 14.7. The van der Waals surface area contributed by atoms with E-state index >= 15 is 0 Å². The van der Waals surface area contributed by atoms with E-state index in [4.69, 9.17) is 5.11 Å². The van der Waals surface area contributed by atoms with Crippen LogP contribution in [-0.2, 0) is 7.05 Å². The van der Waals surface area contributed by atoms with Crippen molar-refractivity contribution in [1.82, 2.24) is 15.1 Å². The second kappa shape index (κ2) is 5.56. The SMILES string of the molecule is C[C@@H](NC(=O)c1c(C(=O)O)cnn1C)c1ccccc1. The Labute approximate surface area is 116 Å². The van der Waals surface area contributed by atoms with Crippen LogP contribution in [0.2, 0.25) is 0 Å². The predicted molar refractivity (Wildman–Crippen MR) is 72.5 cm³/mol. The summed E-state index contributed by atoms with van der Waals surface area (Å²) in [6, 6.07) is 9.22. The minimum atomic E-state index is -1.17. The molecule has 2 N–H and O–H groups in total. The molecule has 0 bridgehead atoms. The van der Waals surface area contributed by atoms with Crippen molar-refractivity contribution in [1.29, 1.82) is 0 Å². The number of carboxylic acids is 1. The summed E-state index contributed by atoms with van der Waals surface area (Å²) in [5.41, 5.74) is 0.880. The second-order valence-electron chi connectivity index (χ2n) is 4.44. The van der Waals surface area contributed by atoms with Gasteiger partial charge in [-0.3, -0.25) is 9.48 Å². The van der Waals surface area contributed by atoms with Crippen LogP contribution in [0.15, 0.2) is 36.5 Å². The highest BCUT2D eigenvalue weighted by molar-refractivity contribution is 6.03. The van der Waals surface area contributed by atoms with E-state index in [1.165, 1.54) is 17.9 Å². The number of carbonyl (C=O) groups excluding carboxylic acids is 1. The molecule has 1 aromatic heterocycles. The zero-order valence-electron chi connectivity index (χ0n) is 11.2. The molecule has 6 nitrogen and oxygen atoms in total. The Morgan fingerprint density at radius 3 is 2.55 bits per heavy atom. The number of nitrogens with zero attached hydrogens (tertiary/aromatic N) is 2. The molecule has 0 aliphatic carbocycles. The third kappa shape index (κ3) is 2.69. The molecule has 104 valence electrons. The second-order valence-corrected chi connectivity index (χ2v) is 4.44. The number of aryl methyl sites for hydroxylation is 1. The maximum absolute atomic E-state index is 12.2. The number of hydrogen-bond acceptors (Lipinski definition) is 3. The molecular formula is C14H15N3O3. The number of carboxylic acid groups (broad SMARTS) is 1. The first-order chi connectivity index (χ1) is 9.50. The molecule has 0 saturated carbocycles. The quantitative estimate of drug-likeness (QED) is 0.886. The van der Waals surface area contributed by atoms with E-state index in [0.717, 1.165) is 5.56 Å². The van der Waals surface area contributed by atoms with Gasteiger partial charge in [0.05, 0.1) is 12.2 Å². The molecule has 0 fully saturated rings. The molecule has 1 atom stereocenters. The van der Waals surface area contributed by atoms with Gasteiger partial charge in [0.15, 0.2) is 0 Å². The summed E-state index contributed by atoms with van der Waals surface area (Å²) in [6.45, 7) is 1.84. The molecule has 0 unspecified atom stereocenters. The van der Waals surface area contributed by atoms with Gasteiger partial charge >= 0.3 is 5.97 Å². The van der Waals surface area contributed by atoms with Gasteiger partial charge < -0.3 is 10.4 Å². The van der Waals surface area contributed by atoms with Gasteiger partial charge in [0, 0.05) is 7.05 Å². The lowest BCUT2D eigenvalue weighted by Gasteiger charge is -2.14. The molecule has 2 aromatic rings. The van der Waals surface area contributed by atoms with E-state index in [1.54, 1.807) is 0 Å². The third-order valence-electron chi connectivity index (χ3n) is 3.03. The molecule has 2 rings (SSSR count). The largest absolute Gasteiger partial charge is 0.478 e. The Morgan fingerprint density at radius 1 is 1.30 bits per heavy atom. The number of rotatable bonds is 4. The lowest BCUT2D eigenvalue weighted by Crippen LogP contribution is -2.29. The summed E-state index contributed by atoms with van der Waals surface area (Å²) in [6.07, 6.45) is 1.17. The van der Waals surface area contributed by atoms with Crippen molar-refractivity contribution >= 4 is 11.9 Å². The lowest BCUT2D eigenvalue weighted by molar-refractivity contribution is 0.0690. The zero-order valence-corrected chi connectivity index (χ0v) is 11.2. The first-order valence-corrected chi connectivity index (χ1v) is 6.11. The number of hydrogen-bond donors (Lipinski definition) is 2. The van der Waals surface area contributed by atoms with Crippen molar-refractivity contribution in [3.05, 3.63) is 53.3 Å². The number of amides is 1. The van der Waals surface area contributed by atoms with Gasteiger partial charge in [-0.1, -0.05) is 30.3 Å². The molecule has 0 radical (unpaired) electrons. The molecule has 6 heteroatoms. The number of nitrogens with one attached hydrogen (secondary N) is 1. The van der Waals surface area contributed by atoms with Gasteiger partial charge in [0.1, 0.15) is 11.3 Å². The van der Waals surface area contributed by atoms with Crippen LogP contribution < -0.4 is 5.32 Å². The normalized spacial score (nSPS) is 11.9. The Hall–Kier alpha value is -2.63. The smallest absolute Gasteiger partial charge is 0.339 e. The molecule has 1 heterocycles. The van der Waals surface area contributed by atoms with Gasteiger partial charge in [0.2, 0.25) is 0 Å². The van der Waals surface area contributed by atoms with Crippen molar-refractivity contribution in [2.75, 3.05) is 0 Å². The van der Waals surface area contributed by atoms with Gasteiger partial charge in [-0.15, -0.1) is 0 Å². The summed E-state index contributed by atoms with van der Waals surface area (Å²) < 4.78 is 1.26. The van der Waals surface area contributed by atoms with Crippen molar-refractivity contribution in [3.8, 4) is 0 Å². The Kier molecular flexibility index (Phi) is 3.84. The molecule has 1 aromatic carbocycles.